The fourth-order valence-electron chi connectivity index (χ4n) is 1.55. The Labute approximate surface area is 117 Å². The van der Waals surface area contributed by atoms with Crippen molar-refractivity contribution in [3.8, 4) is 0 Å². The Kier molecular flexibility index (Phi) is 4.10. The van der Waals surface area contributed by atoms with Crippen LogP contribution in [0.3, 0.4) is 0 Å². The standard InChI is InChI=1S/C11H12F3N7/c12-11(13,14)6-2-1-3-7(4-6)17-10-18-8(20-15)5-9(19-10)21-16/h1-5H,15-16H2,(H3,17,18,19,20,21). The molecule has 7 nitrogen and oxygen atoms in total. The highest BCUT2D eigenvalue weighted by atomic mass is 19.4. The molecule has 0 unspecified atom stereocenters. The average molecular weight is 299 g/mol. The van der Waals surface area contributed by atoms with E-state index in [1.807, 2.05) is 0 Å². The van der Waals surface area contributed by atoms with Crippen molar-refractivity contribution in [2.45, 2.75) is 6.18 Å². The van der Waals surface area contributed by atoms with E-state index in [2.05, 4.69) is 26.1 Å². The molecule has 0 bridgehead atoms. The van der Waals surface area contributed by atoms with Gasteiger partial charge in [-0.25, -0.2) is 11.7 Å². The SMILES string of the molecule is NNc1cc(NN)nc(Nc2cccc(C(F)(F)F)c2)n1. The summed E-state index contributed by atoms with van der Waals surface area (Å²) in [5, 5.41) is 2.65. The van der Waals surface area contributed by atoms with Gasteiger partial charge in [0.25, 0.3) is 0 Å². The van der Waals surface area contributed by atoms with Crippen molar-refractivity contribution in [3.63, 3.8) is 0 Å². The van der Waals surface area contributed by atoms with E-state index < -0.39 is 11.7 Å². The number of nitrogens with two attached hydrogens (primary N) is 2. The number of hydrogen-bond donors (Lipinski definition) is 5. The van der Waals surface area contributed by atoms with Crippen molar-refractivity contribution >= 4 is 23.3 Å². The third kappa shape index (κ3) is 3.70. The minimum Gasteiger partial charge on any atom is -0.324 e. The first-order valence-electron chi connectivity index (χ1n) is 5.69. The van der Waals surface area contributed by atoms with Gasteiger partial charge in [0.1, 0.15) is 11.6 Å². The Balaban J connectivity index is 2.30. The van der Waals surface area contributed by atoms with Crippen molar-refractivity contribution in [2.75, 3.05) is 16.2 Å². The predicted octanol–water partition coefficient (Wildman–Crippen LogP) is 1.81. The van der Waals surface area contributed by atoms with Crippen LogP contribution in [0, 0.1) is 0 Å². The summed E-state index contributed by atoms with van der Waals surface area (Å²) in [6.45, 7) is 0. The summed E-state index contributed by atoms with van der Waals surface area (Å²) < 4.78 is 37.9. The monoisotopic (exact) mass is 299 g/mol. The molecule has 10 heteroatoms. The molecule has 0 amide bonds. The molecule has 21 heavy (non-hydrogen) atoms. The highest BCUT2D eigenvalue weighted by Crippen LogP contribution is 2.31. The number of hydrogen-bond acceptors (Lipinski definition) is 7. The van der Waals surface area contributed by atoms with Gasteiger partial charge in [-0.05, 0) is 18.2 Å². The normalized spacial score (nSPS) is 11.1. The van der Waals surface area contributed by atoms with Gasteiger partial charge in [0.05, 0.1) is 5.56 Å². The van der Waals surface area contributed by atoms with Crippen LogP contribution >= 0.6 is 0 Å². The summed E-state index contributed by atoms with van der Waals surface area (Å²) in [6.07, 6.45) is -4.43. The molecular weight excluding hydrogens is 287 g/mol. The van der Waals surface area contributed by atoms with Crippen molar-refractivity contribution in [1.29, 1.82) is 0 Å². The van der Waals surface area contributed by atoms with E-state index >= 15 is 0 Å². The van der Waals surface area contributed by atoms with E-state index in [0.29, 0.717) is 0 Å². The zero-order valence-electron chi connectivity index (χ0n) is 10.6. The van der Waals surface area contributed by atoms with Crippen LogP contribution in [0.15, 0.2) is 30.3 Å². The topological polar surface area (TPSA) is 114 Å². The Bertz CT molecular complexity index is 607. The lowest BCUT2D eigenvalue weighted by Crippen LogP contribution is -2.14. The minimum absolute atomic E-state index is 0.0396. The van der Waals surface area contributed by atoms with Crippen molar-refractivity contribution in [1.82, 2.24) is 9.97 Å². The quantitative estimate of drug-likeness (QED) is 0.432. The first-order valence-corrected chi connectivity index (χ1v) is 5.69. The van der Waals surface area contributed by atoms with Gasteiger partial charge in [0.15, 0.2) is 0 Å². The van der Waals surface area contributed by atoms with E-state index in [0.717, 1.165) is 12.1 Å². The summed E-state index contributed by atoms with van der Waals surface area (Å²) in [5.41, 5.74) is 4.00. The molecule has 0 atom stereocenters. The number of alkyl halides is 3. The van der Waals surface area contributed by atoms with Gasteiger partial charge in [-0.1, -0.05) is 6.07 Å². The molecule has 112 valence electrons. The smallest absolute Gasteiger partial charge is 0.324 e. The molecule has 7 N–H and O–H groups in total. The second kappa shape index (κ2) is 5.81. The largest absolute Gasteiger partial charge is 0.416 e. The number of nitrogen functional groups attached to an aromatic ring is 2. The number of rotatable bonds is 4. The van der Waals surface area contributed by atoms with Crippen LogP contribution in [0.4, 0.5) is 36.4 Å². The molecule has 2 rings (SSSR count). The van der Waals surface area contributed by atoms with Gasteiger partial charge >= 0.3 is 6.18 Å². The molecule has 0 aliphatic heterocycles. The lowest BCUT2D eigenvalue weighted by Gasteiger charge is -2.11. The molecule has 0 saturated heterocycles. The van der Waals surface area contributed by atoms with Crippen LogP contribution in [0.5, 0.6) is 0 Å². The number of benzene rings is 1. The number of halogens is 3. The molecule has 0 aliphatic rings. The second-order valence-electron chi connectivity index (χ2n) is 3.95. The van der Waals surface area contributed by atoms with E-state index in [1.165, 1.54) is 18.2 Å². The van der Waals surface area contributed by atoms with E-state index in [1.54, 1.807) is 0 Å². The summed E-state index contributed by atoms with van der Waals surface area (Å²) in [7, 11) is 0. The molecule has 0 fully saturated rings. The first kappa shape index (κ1) is 14.8. The van der Waals surface area contributed by atoms with Gasteiger partial charge in [0, 0.05) is 11.8 Å². The zero-order valence-corrected chi connectivity index (χ0v) is 10.6. The van der Waals surface area contributed by atoms with E-state index in [4.69, 9.17) is 11.7 Å². The Morgan fingerprint density at radius 2 is 1.57 bits per heavy atom. The number of aromatic nitrogens is 2. The fourth-order valence-corrected chi connectivity index (χ4v) is 1.55. The maximum atomic E-state index is 12.6. The van der Waals surface area contributed by atoms with Crippen LogP contribution in [-0.2, 0) is 6.18 Å². The molecule has 0 radical (unpaired) electrons. The maximum absolute atomic E-state index is 12.6. The van der Waals surface area contributed by atoms with Crippen LogP contribution < -0.4 is 27.9 Å². The minimum atomic E-state index is -4.43. The highest BCUT2D eigenvalue weighted by Gasteiger charge is 2.30. The third-order valence-corrected chi connectivity index (χ3v) is 2.47. The van der Waals surface area contributed by atoms with Crippen LogP contribution in [0.2, 0.25) is 0 Å². The molecule has 1 aromatic carbocycles. The van der Waals surface area contributed by atoms with Crippen molar-refractivity contribution in [2.24, 2.45) is 11.7 Å². The summed E-state index contributed by atoms with van der Waals surface area (Å²) in [5.74, 6) is 11.0. The first-order chi connectivity index (χ1) is 9.92. The Hall–Kier alpha value is -2.59. The molecule has 0 spiro atoms. The van der Waals surface area contributed by atoms with Gasteiger partial charge in [0.2, 0.25) is 5.95 Å². The van der Waals surface area contributed by atoms with E-state index in [-0.39, 0.29) is 23.3 Å². The summed E-state index contributed by atoms with van der Waals surface area (Å²) >= 11 is 0. The van der Waals surface area contributed by atoms with Crippen LogP contribution in [0.1, 0.15) is 5.56 Å². The number of hydrazine groups is 2. The molecule has 0 aliphatic carbocycles. The van der Waals surface area contributed by atoms with Gasteiger partial charge in [-0.3, -0.25) is 0 Å². The average Bonchev–Trinajstić information content (AvgIpc) is 2.46. The van der Waals surface area contributed by atoms with Crippen molar-refractivity contribution < 1.29 is 13.2 Å². The second-order valence-corrected chi connectivity index (χ2v) is 3.95. The number of nitrogens with one attached hydrogen (secondary N) is 3. The molecular formula is C11H12F3N7. The van der Waals surface area contributed by atoms with Crippen molar-refractivity contribution in [3.05, 3.63) is 35.9 Å². The Morgan fingerprint density at radius 3 is 2.10 bits per heavy atom. The Morgan fingerprint density at radius 1 is 0.952 bits per heavy atom. The van der Waals surface area contributed by atoms with Gasteiger partial charge in [-0.15, -0.1) is 0 Å². The van der Waals surface area contributed by atoms with Gasteiger partial charge in [-0.2, -0.15) is 23.1 Å². The zero-order chi connectivity index (χ0) is 15.5. The maximum Gasteiger partial charge on any atom is 0.416 e. The lowest BCUT2D eigenvalue weighted by molar-refractivity contribution is -0.137. The lowest BCUT2D eigenvalue weighted by atomic mass is 10.2. The number of nitrogens with zero attached hydrogens (tertiary/aromatic N) is 2. The number of anilines is 4. The summed E-state index contributed by atoms with van der Waals surface area (Å²) in [6, 6.07) is 6.07. The fraction of sp³-hybridized carbons (Fsp3) is 0.0909. The molecule has 1 aromatic heterocycles. The highest BCUT2D eigenvalue weighted by molar-refractivity contribution is 5.59. The van der Waals surface area contributed by atoms with E-state index in [9.17, 15) is 13.2 Å². The predicted molar refractivity (Wildman–Crippen MR) is 72.4 cm³/mol. The van der Waals surface area contributed by atoms with Crippen LogP contribution in [0.25, 0.3) is 0 Å². The molecule has 0 saturated carbocycles. The third-order valence-electron chi connectivity index (χ3n) is 2.47. The summed E-state index contributed by atoms with van der Waals surface area (Å²) in [4.78, 5) is 7.90. The van der Waals surface area contributed by atoms with Crippen LogP contribution in [-0.4, -0.2) is 9.97 Å². The van der Waals surface area contributed by atoms with Gasteiger partial charge < -0.3 is 16.2 Å². The molecule has 1 heterocycles. The molecule has 2 aromatic rings.